The average molecular weight is 199 g/mol. The molecule has 0 saturated carbocycles. The number of piperazine rings is 1. The van der Waals surface area contributed by atoms with Crippen LogP contribution in [-0.4, -0.2) is 49.7 Å². The first kappa shape index (κ1) is 11.5. The quantitative estimate of drug-likeness (QED) is 0.612. The van der Waals surface area contributed by atoms with Crippen molar-refractivity contribution in [3.63, 3.8) is 0 Å². The van der Waals surface area contributed by atoms with Gasteiger partial charge in [0.2, 0.25) is 0 Å². The summed E-state index contributed by atoms with van der Waals surface area (Å²) in [6.07, 6.45) is 0.477. The van der Waals surface area contributed by atoms with Gasteiger partial charge in [0.15, 0.2) is 0 Å². The van der Waals surface area contributed by atoms with Crippen molar-refractivity contribution in [2.75, 3.05) is 26.7 Å². The Morgan fingerprint density at radius 2 is 2.00 bits per heavy atom. The molecule has 2 atom stereocenters. The van der Waals surface area contributed by atoms with Crippen molar-refractivity contribution in [1.82, 2.24) is 10.2 Å². The molecule has 1 aliphatic heterocycles. The molecule has 1 fully saturated rings. The van der Waals surface area contributed by atoms with Gasteiger partial charge in [-0.1, -0.05) is 0 Å². The van der Waals surface area contributed by atoms with Crippen molar-refractivity contribution in [3.05, 3.63) is 0 Å². The molecule has 1 heterocycles. The van der Waals surface area contributed by atoms with Crippen molar-refractivity contribution in [1.29, 1.82) is 0 Å². The molecule has 1 saturated heterocycles. The molecule has 4 heteroatoms. The van der Waals surface area contributed by atoms with Crippen LogP contribution >= 0.6 is 0 Å². The third kappa shape index (κ3) is 2.96. The Labute approximate surface area is 85.6 Å². The highest BCUT2D eigenvalue weighted by atomic mass is 16.5. The Morgan fingerprint density at radius 1 is 1.43 bits per heavy atom. The van der Waals surface area contributed by atoms with Crippen molar-refractivity contribution >= 4 is 5.97 Å². The predicted octanol–water partition coefficient (Wildman–Crippen LogP) is 0.246. The molecule has 14 heavy (non-hydrogen) atoms. The van der Waals surface area contributed by atoms with Gasteiger partial charge >= 0.3 is 5.97 Å². The topological polar surface area (TPSA) is 43.6 Å². The van der Waals surface area contributed by atoms with Crippen LogP contribution in [0.15, 0.2) is 0 Å². The first-order valence-corrected chi connectivity index (χ1v) is 5.11. The standard InChI is InChI=1S/C10H19N2O2/c1-8-6-11-7-9(2)12(8)5-4-10(13)14-3/h8-9H,4-7H2,1-3H3. The first-order chi connectivity index (χ1) is 6.65. The van der Waals surface area contributed by atoms with Gasteiger partial charge in [-0.2, -0.15) is 0 Å². The molecular formula is C10H19N2O2. The minimum absolute atomic E-state index is 0.132. The molecular weight excluding hydrogens is 180 g/mol. The molecule has 0 amide bonds. The van der Waals surface area contributed by atoms with Crippen LogP contribution in [0, 0.1) is 0 Å². The molecule has 0 spiro atoms. The zero-order valence-electron chi connectivity index (χ0n) is 9.19. The fourth-order valence-electron chi connectivity index (χ4n) is 1.86. The zero-order chi connectivity index (χ0) is 10.6. The number of ether oxygens (including phenoxy) is 1. The maximum absolute atomic E-state index is 11.0. The molecule has 0 aromatic heterocycles. The number of nitrogens with zero attached hydrogens (tertiary/aromatic N) is 2. The SMILES string of the molecule is COC(=O)CCN1C(C)C[N]CC1C. The minimum atomic E-state index is -0.132. The van der Waals surface area contributed by atoms with Crippen molar-refractivity contribution in [3.8, 4) is 0 Å². The van der Waals surface area contributed by atoms with Crippen LogP contribution in [0.25, 0.3) is 0 Å². The van der Waals surface area contributed by atoms with E-state index in [0.29, 0.717) is 18.5 Å². The summed E-state index contributed by atoms with van der Waals surface area (Å²) < 4.78 is 4.62. The van der Waals surface area contributed by atoms with Gasteiger partial charge in [0.05, 0.1) is 13.5 Å². The Bertz CT molecular complexity index is 187. The number of carbonyl (C=O) groups is 1. The molecule has 1 rings (SSSR count). The number of hydrogen-bond donors (Lipinski definition) is 0. The highest BCUT2D eigenvalue weighted by molar-refractivity contribution is 5.69. The summed E-state index contributed by atoms with van der Waals surface area (Å²) in [4.78, 5) is 13.3. The van der Waals surface area contributed by atoms with Gasteiger partial charge in [0.25, 0.3) is 0 Å². The van der Waals surface area contributed by atoms with Crippen LogP contribution < -0.4 is 5.32 Å². The summed E-state index contributed by atoms with van der Waals surface area (Å²) >= 11 is 0. The van der Waals surface area contributed by atoms with E-state index < -0.39 is 0 Å². The fourth-order valence-corrected chi connectivity index (χ4v) is 1.86. The van der Waals surface area contributed by atoms with Gasteiger partial charge < -0.3 is 4.74 Å². The van der Waals surface area contributed by atoms with Gasteiger partial charge in [-0.25, -0.2) is 5.32 Å². The smallest absolute Gasteiger partial charge is 0.306 e. The highest BCUT2D eigenvalue weighted by Crippen LogP contribution is 2.10. The summed E-state index contributed by atoms with van der Waals surface area (Å²) in [6, 6.07) is 0.895. The van der Waals surface area contributed by atoms with Gasteiger partial charge in [0.1, 0.15) is 0 Å². The number of carbonyl (C=O) groups excluding carboxylic acids is 1. The van der Waals surface area contributed by atoms with E-state index in [1.807, 2.05) is 0 Å². The van der Waals surface area contributed by atoms with Crippen LogP contribution in [0.1, 0.15) is 20.3 Å². The van der Waals surface area contributed by atoms with Crippen LogP contribution in [-0.2, 0) is 9.53 Å². The van der Waals surface area contributed by atoms with Crippen LogP contribution in [0.2, 0.25) is 0 Å². The van der Waals surface area contributed by atoms with E-state index in [1.54, 1.807) is 0 Å². The van der Waals surface area contributed by atoms with Gasteiger partial charge in [-0.3, -0.25) is 9.69 Å². The number of rotatable bonds is 3. The number of esters is 1. The zero-order valence-corrected chi connectivity index (χ0v) is 9.19. The average Bonchev–Trinajstić information content (AvgIpc) is 2.16. The summed E-state index contributed by atoms with van der Waals surface area (Å²) in [5.41, 5.74) is 0. The third-order valence-corrected chi connectivity index (χ3v) is 2.72. The van der Waals surface area contributed by atoms with E-state index in [9.17, 15) is 4.79 Å². The second-order valence-corrected chi connectivity index (χ2v) is 3.85. The summed E-state index contributed by atoms with van der Waals surface area (Å²) in [5.74, 6) is -0.132. The normalized spacial score (nSPS) is 28.8. The third-order valence-electron chi connectivity index (χ3n) is 2.72. The molecule has 81 valence electrons. The molecule has 4 nitrogen and oxygen atoms in total. The monoisotopic (exact) mass is 199 g/mol. The van der Waals surface area contributed by atoms with Crippen LogP contribution in [0.4, 0.5) is 0 Å². The van der Waals surface area contributed by atoms with Gasteiger partial charge in [-0.15, -0.1) is 0 Å². The summed E-state index contributed by atoms with van der Waals surface area (Å²) in [7, 11) is 1.43. The van der Waals surface area contributed by atoms with Crippen LogP contribution in [0.3, 0.4) is 0 Å². The maximum Gasteiger partial charge on any atom is 0.306 e. The predicted molar refractivity (Wildman–Crippen MR) is 54.1 cm³/mol. The second-order valence-electron chi connectivity index (χ2n) is 3.85. The van der Waals surface area contributed by atoms with E-state index in [4.69, 9.17) is 0 Å². The lowest BCUT2D eigenvalue weighted by atomic mass is 10.1. The Hall–Kier alpha value is -0.610. The van der Waals surface area contributed by atoms with E-state index in [1.165, 1.54) is 7.11 Å². The molecule has 1 radical (unpaired) electrons. The second kappa shape index (κ2) is 5.32. The molecule has 1 aliphatic rings. The summed E-state index contributed by atoms with van der Waals surface area (Å²) in [5, 5.41) is 4.38. The van der Waals surface area contributed by atoms with E-state index in [2.05, 4.69) is 28.8 Å². The summed E-state index contributed by atoms with van der Waals surface area (Å²) in [6.45, 7) is 6.84. The van der Waals surface area contributed by atoms with Crippen LogP contribution in [0.5, 0.6) is 0 Å². The first-order valence-electron chi connectivity index (χ1n) is 5.11. The lowest BCUT2D eigenvalue weighted by Gasteiger charge is -2.38. The molecule has 0 N–H and O–H groups in total. The molecule has 0 aromatic carbocycles. The van der Waals surface area contributed by atoms with Gasteiger partial charge in [0, 0.05) is 31.7 Å². The Morgan fingerprint density at radius 3 is 2.50 bits per heavy atom. The lowest BCUT2D eigenvalue weighted by Crippen LogP contribution is -2.53. The fraction of sp³-hybridized carbons (Fsp3) is 0.900. The lowest BCUT2D eigenvalue weighted by molar-refractivity contribution is -0.141. The molecule has 0 aromatic rings. The molecule has 2 unspecified atom stereocenters. The van der Waals surface area contributed by atoms with Crippen molar-refractivity contribution in [2.24, 2.45) is 0 Å². The molecule has 0 aliphatic carbocycles. The largest absolute Gasteiger partial charge is 0.469 e. The highest BCUT2D eigenvalue weighted by Gasteiger charge is 2.25. The Balaban J connectivity index is 2.36. The van der Waals surface area contributed by atoms with Gasteiger partial charge in [-0.05, 0) is 13.8 Å². The number of hydrogen-bond acceptors (Lipinski definition) is 3. The van der Waals surface area contributed by atoms with E-state index >= 15 is 0 Å². The Kier molecular flexibility index (Phi) is 4.35. The minimum Gasteiger partial charge on any atom is -0.469 e. The van der Waals surface area contributed by atoms with Crippen molar-refractivity contribution < 1.29 is 9.53 Å². The number of methoxy groups -OCH3 is 1. The van der Waals surface area contributed by atoms with E-state index in [0.717, 1.165) is 19.6 Å². The van der Waals surface area contributed by atoms with Crippen molar-refractivity contribution in [2.45, 2.75) is 32.4 Å². The maximum atomic E-state index is 11.0. The van der Waals surface area contributed by atoms with E-state index in [-0.39, 0.29) is 5.97 Å². The molecule has 0 bridgehead atoms.